The van der Waals surface area contributed by atoms with Gasteiger partial charge in [0, 0.05) is 10.6 Å². The molecule has 0 saturated carbocycles. The highest BCUT2D eigenvalue weighted by Crippen LogP contribution is 2.07. The Hall–Kier alpha value is -0.820. The fourth-order valence-corrected chi connectivity index (χ4v) is 0.644. The van der Waals surface area contributed by atoms with Gasteiger partial charge in [0.25, 0.3) is 0 Å². The summed E-state index contributed by atoms with van der Waals surface area (Å²) < 4.78 is 6.71. The van der Waals surface area contributed by atoms with Crippen molar-refractivity contribution in [3.8, 4) is 0 Å². The van der Waals surface area contributed by atoms with Gasteiger partial charge in [-0.05, 0) is 12.1 Å². The standard InChI is InChI=1S/C7H5ClO/c8-7-3-1-6(5-9)2-4-7/h1-5H/i5D. The molecule has 0 atom stereocenters. The van der Waals surface area contributed by atoms with Crippen LogP contribution in [0, 0.1) is 0 Å². The number of aldehydes is 1. The van der Waals surface area contributed by atoms with E-state index in [4.69, 9.17) is 13.0 Å². The minimum absolute atomic E-state index is 0.365. The predicted molar refractivity (Wildman–Crippen MR) is 36.8 cm³/mol. The van der Waals surface area contributed by atoms with Gasteiger partial charge >= 0.3 is 0 Å². The van der Waals surface area contributed by atoms with Crippen LogP contribution in [0.15, 0.2) is 24.3 Å². The van der Waals surface area contributed by atoms with Crippen LogP contribution in [0.2, 0.25) is 5.02 Å². The maximum absolute atomic E-state index is 10.4. The minimum Gasteiger partial charge on any atom is -0.298 e. The number of benzene rings is 1. The Morgan fingerprint density at radius 3 is 2.44 bits per heavy atom. The Morgan fingerprint density at radius 2 is 2.00 bits per heavy atom. The molecule has 1 aromatic carbocycles. The van der Waals surface area contributed by atoms with Crippen LogP contribution in [-0.4, -0.2) is 6.26 Å². The zero-order valence-electron chi connectivity index (χ0n) is 5.60. The zero-order valence-corrected chi connectivity index (χ0v) is 5.35. The van der Waals surface area contributed by atoms with Crippen LogP contribution in [0.4, 0.5) is 0 Å². The molecule has 0 unspecified atom stereocenters. The molecule has 0 aliphatic heterocycles. The number of halogens is 1. The van der Waals surface area contributed by atoms with Gasteiger partial charge in [0.05, 0.1) is 0 Å². The van der Waals surface area contributed by atoms with Crippen LogP contribution >= 0.6 is 11.6 Å². The Balaban J connectivity index is 3.00. The molecule has 0 amide bonds. The highest BCUT2D eigenvalue weighted by Gasteiger charge is 1.86. The zero-order chi connectivity index (χ0) is 7.56. The third kappa shape index (κ3) is 1.54. The molecule has 0 aliphatic rings. The number of carbonyl (C=O) groups is 1. The maximum Gasteiger partial charge on any atom is 0.150 e. The molecule has 0 heterocycles. The van der Waals surface area contributed by atoms with E-state index in [0.29, 0.717) is 10.6 Å². The van der Waals surface area contributed by atoms with E-state index >= 15 is 0 Å². The van der Waals surface area contributed by atoms with Crippen molar-refractivity contribution in [1.82, 2.24) is 0 Å². The minimum atomic E-state index is -0.684. The average molecular weight is 142 g/mol. The summed E-state index contributed by atoms with van der Waals surface area (Å²) in [6.45, 7) is 0. The van der Waals surface area contributed by atoms with Crippen LogP contribution in [0.25, 0.3) is 0 Å². The van der Waals surface area contributed by atoms with Crippen molar-refractivity contribution >= 4 is 17.9 Å². The second-order valence-corrected chi connectivity index (χ2v) is 2.05. The molecular weight excluding hydrogens is 136 g/mol. The third-order valence-corrected chi connectivity index (χ3v) is 1.21. The second-order valence-electron chi connectivity index (χ2n) is 1.61. The van der Waals surface area contributed by atoms with Gasteiger partial charge in [-0.1, -0.05) is 23.7 Å². The summed E-state index contributed by atoms with van der Waals surface area (Å²) in [5.41, 5.74) is 0.365. The van der Waals surface area contributed by atoms with E-state index in [-0.39, 0.29) is 0 Å². The fourth-order valence-electron chi connectivity index (χ4n) is 0.518. The maximum atomic E-state index is 10.4. The van der Waals surface area contributed by atoms with Gasteiger partial charge in [0.2, 0.25) is 0 Å². The number of hydrogen-bond acceptors (Lipinski definition) is 1. The summed E-state index contributed by atoms with van der Waals surface area (Å²) in [6, 6.07) is 6.22. The SMILES string of the molecule is [2H]C(=O)c1ccc(Cl)cc1. The van der Waals surface area contributed by atoms with Crippen LogP contribution < -0.4 is 0 Å². The van der Waals surface area contributed by atoms with Crippen molar-refractivity contribution in [3.05, 3.63) is 34.9 Å². The van der Waals surface area contributed by atoms with Crippen LogP contribution in [0.5, 0.6) is 0 Å². The molecule has 2 heteroatoms. The molecule has 0 spiro atoms. The van der Waals surface area contributed by atoms with E-state index in [9.17, 15) is 4.79 Å². The molecule has 0 bridgehead atoms. The summed E-state index contributed by atoms with van der Waals surface area (Å²) in [4.78, 5) is 10.4. The molecule has 0 aromatic heterocycles. The van der Waals surface area contributed by atoms with Crippen LogP contribution in [0.1, 0.15) is 11.7 Å². The average Bonchev–Trinajstić information content (AvgIpc) is 1.88. The normalized spacial score (nSPS) is 10.6. The first-order chi connectivity index (χ1) is 4.70. The quantitative estimate of drug-likeness (QED) is 0.548. The lowest BCUT2D eigenvalue weighted by Crippen LogP contribution is -1.74. The van der Waals surface area contributed by atoms with Gasteiger partial charge in [0.1, 0.15) is 7.63 Å². The van der Waals surface area contributed by atoms with Crippen LogP contribution in [-0.2, 0) is 0 Å². The van der Waals surface area contributed by atoms with Crippen molar-refractivity contribution in [3.63, 3.8) is 0 Å². The van der Waals surface area contributed by atoms with Gasteiger partial charge < -0.3 is 0 Å². The largest absolute Gasteiger partial charge is 0.298 e. The topological polar surface area (TPSA) is 17.1 Å². The molecule has 9 heavy (non-hydrogen) atoms. The molecule has 0 saturated heterocycles. The van der Waals surface area contributed by atoms with E-state index in [1.807, 2.05) is 0 Å². The molecule has 1 rings (SSSR count). The molecule has 46 valence electrons. The molecule has 0 radical (unpaired) electrons. The summed E-state index contributed by atoms with van der Waals surface area (Å²) in [7, 11) is 0. The van der Waals surface area contributed by atoms with E-state index in [2.05, 4.69) is 0 Å². The van der Waals surface area contributed by atoms with Crippen molar-refractivity contribution < 1.29 is 6.17 Å². The van der Waals surface area contributed by atoms with Gasteiger partial charge in [-0.2, -0.15) is 0 Å². The summed E-state index contributed by atoms with van der Waals surface area (Å²) >= 11 is 5.54. The van der Waals surface area contributed by atoms with Crippen molar-refractivity contribution in [1.29, 1.82) is 0 Å². The van der Waals surface area contributed by atoms with Gasteiger partial charge in [0.15, 0.2) is 0 Å². The molecular formula is C7H5ClO. The molecule has 0 fully saturated rings. The second kappa shape index (κ2) is 2.65. The van der Waals surface area contributed by atoms with Gasteiger partial charge in [-0.15, -0.1) is 0 Å². The number of rotatable bonds is 1. The lowest BCUT2D eigenvalue weighted by molar-refractivity contribution is 0.112. The lowest BCUT2D eigenvalue weighted by Gasteiger charge is -1.87. The predicted octanol–water partition coefficient (Wildman–Crippen LogP) is 2.15. The molecule has 1 nitrogen and oxygen atoms in total. The van der Waals surface area contributed by atoms with E-state index < -0.39 is 6.26 Å². The summed E-state index contributed by atoms with van der Waals surface area (Å²) in [5, 5.41) is 0.574. The Morgan fingerprint density at radius 1 is 1.44 bits per heavy atom. The van der Waals surface area contributed by atoms with Crippen LogP contribution in [0.3, 0.4) is 0 Å². The summed E-state index contributed by atoms with van der Waals surface area (Å²) in [6.07, 6.45) is -0.684. The number of hydrogen-bond donors (Lipinski definition) is 0. The Labute approximate surface area is 59.7 Å². The smallest absolute Gasteiger partial charge is 0.150 e. The van der Waals surface area contributed by atoms with Gasteiger partial charge in [-0.25, -0.2) is 0 Å². The fraction of sp³-hybridized carbons (Fsp3) is 0. The molecule has 1 aromatic rings. The van der Waals surface area contributed by atoms with E-state index in [1.165, 1.54) is 12.1 Å². The lowest BCUT2D eigenvalue weighted by atomic mass is 10.2. The van der Waals surface area contributed by atoms with E-state index in [0.717, 1.165) is 0 Å². The van der Waals surface area contributed by atoms with Crippen molar-refractivity contribution in [2.45, 2.75) is 0 Å². The first-order valence-electron chi connectivity index (χ1n) is 2.96. The first kappa shape index (κ1) is 5.00. The highest BCUT2D eigenvalue weighted by molar-refractivity contribution is 6.30. The highest BCUT2D eigenvalue weighted by atomic mass is 35.5. The van der Waals surface area contributed by atoms with Crippen molar-refractivity contribution in [2.75, 3.05) is 0 Å². The van der Waals surface area contributed by atoms with Gasteiger partial charge in [-0.3, -0.25) is 4.79 Å². The monoisotopic (exact) mass is 141 g/mol. The van der Waals surface area contributed by atoms with E-state index in [1.54, 1.807) is 12.1 Å². The van der Waals surface area contributed by atoms with Crippen molar-refractivity contribution in [2.24, 2.45) is 0 Å². The molecule has 0 aliphatic carbocycles. The molecule has 0 N–H and O–H groups in total. The summed E-state index contributed by atoms with van der Waals surface area (Å²) in [5.74, 6) is 0. The number of carbonyl (C=O) groups excluding carboxylic acids is 1. The Bertz CT molecular complexity index is 242. The first-order valence-corrected chi connectivity index (χ1v) is 2.84. The Kier molecular flexibility index (Phi) is 1.47. The third-order valence-electron chi connectivity index (χ3n) is 0.962.